The molecule has 276 valence electrons. The third-order valence-corrected chi connectivity index (χ3v) is 9.00. The van der Waals surface area contributed by atoms with Crippen LogP contribution in [-0.2, 0) is 33.3 Å². The number of hydrogen-bond donors (Lipinski definition) is 6. The van der Waals surface area contributed by atoms with Crippen LogP contribution >= 0.6 is 0 Å². The number of carbonyl (C=O) groups excluding carboxylic acids is 2. The minimum atomic E-state index is -2.32. The zero-order chi connectivity index (χ0) is 34.7. The fourth-order valence-electron chi connectivity index (χ4n) is 5.91. The summed E-state index contributed by atoms with van der Waals surface area (Å²) in [6, 6.07) is 0. The minimum Gasteiger partial charge on any atom is -0.463 e. The molecular weight excluding hydrogens is 616 g/mol. The van der Waals surface area contributed by atoms with E-state index in [9.17, 15) is 40.2 Å². The molecule has 0 amide bonds. The van der Waals surface area contributed by atoms with Gasteiger partial charge in [-0.3, -0.25) is 9.59 Å². The van der Waals surface area contributed by atoms with Gasteiger partial charge < -0.3 is 54.3 Å². The van der Waals surface area contributed by atoms with Crippen molar-refractivity contribution in [3.8, 4) is 0 Å². The van der Waals surface area contributed by atoms with Gasteiger partial charge in [0.2, 0.25) is 5.79 Å². The van der Waals surface area contributed by atoms with Crippen molar-refractivity contribution in [2.24, 2.45) is 0 Å². The lowest BCUT2D eigenvalue weighted by Gasteiger charge is -2.43. The average Bonchev–Trinajstić information content (AvgIpc) is 3.30. The number of aliphatic hydroxyl groups excluding tert-OH is 6. The van der Waals surface area contributed by atoms with Crippen LogP contribution in [0.3, 0.4) is 0 Å². The van der Waals surface area contributed by atoms with Crippen LogP contribution in [0.15, 0.2) is 0 Å². The maximum absolute atomic E-state index is 12.3. The molecule has 2 saturated heterocycles. The number of hydrogen-bond acceptors (Lipinski definition) is 13. The van der Waals surface area contributed by atoms with Gasteiger partial charge in [-0.15, -0.1) is 0 Å². The summed E-state index contributed by atoms with van der Waals surface area (Å²) in [5, 5.41) is 63.0. The zero-order valence-electron chi connectivity index (χ0n) is 28.5. The second-order valence-electron chi connectivity index (χ2n) is 13.0. The van der Waals surface area contributed by atoms with Gasteiger partial charge in [0.05, 0.1) is 0 Å². The van der Waals surface area contributed by atoms with Crippen LogP contribution in [0.1, 0.15) is 129 Å². The topological polar surface area (TPSA) is 202 Å². The molecule has 47 heavy (non-hydrogen) atoms. The molecule has 2 heterocycles. The fourth-order valence-corrected chi connectivity index (χ4v) is 5.91. The Morgan fingerprint density at radius 2 is 1.04 bits per heavy atom. The number of aliphatic hydroxyl groups is 6. The van der Waals surface area contributed by atoms with Crippen molar-refractivity contribution in [3.63, 3.8) is 0 Å². The Kier molecular flexibility index (Phi) is 20.5. The second kappa shape index (κ2) is 23.1. The lowest BCUT2D eigenvalue weighted by molar-refractivity contribution is -0.383. The van der Waals surface area contributed by atoms with Gasteiger partial charge in [-0.05, 0) is 12.8 Å². The summed E-state index contributed by atoms with van der Waals surface area (Å²) in [5.74, 6) is -3.32. The molecule has 0 aliphatic carbocycles. The number of carbonyl (C=O) groups is 2. The summed E-state index contributed by atoms with van der Waals surface area (Å²) in [6.45, 7) is 2.46. The molecule has 13 nitrogen and oxygen atoms in total. The highest BCUT2D eigenvalue weighted by molar-refractivity contribution is 5.69. The Morgan fingerprint density at radius 1 is 0.596 bits per heavy atom. The van der Waals surface area contributed by atoms with Crippen molar-refractivity contribution in [3.05, 3.63) is 0 Å². The average molecular weight is 679 g/mol. The summed E-state index contributed by atoms with van der Waals surface area (Å²) in [7, 11) is 0. The van der Waals surface area contributed by atoms with Crippen molar-refractivity contribution in [1.82, 2.24) is 0 Å². The molecule has 0 unspecified atom stereocenters. The smallest absolute Gasteiger partial charge is 0.305 e. The van der Waals surface area contributed by atoms with Crippen LogP contribution in [0, 0.1) is 0 Å². The molecule has 6 N–H and O–H groups in total. The highest BCUT2D eigenvalue weighted by atomic mass is 16.8. The first-order chi connectivity index (χ1) is 22.6. The van der Waals surface area contributed by atoms with E-state index >= 15 is 0 Å². The highest BCUT2D eigenvalue weighted by Gasteiger charge is 2.58. The predicted molar refractivity (Wildman–Crippen MR) is 171 cm³/mol. The molecule has 2 aliphatic rings. The van der Waals surface area contributed by atoms with Gasteiger partial charge >= 0.3 is 11.9 Å². The van der Waals surface area contributed by atoms with Gasteiger partial charge in [-0.1, -0.05) is 104 Å². The van der Waals surface area contributed by atoms with Crippen LogP contribution in [0.25, 0.3) is 0 Å². The Morgan fingerprint density at radius 3 is 1.51 bits per heavy atom. The first-order valence-corrected chi connectivity index (χ1v) is 17.9. The normalized spacial score (nSPS) is 30.8. The van der Waals surface area contributed by atoms with Crippen molar-refractivity contribution >= 4 is 11.9 Å². The summed E-state index contributed by atoms with van der Waals surface area (Å²) in [5.41, 5.74) is 0. The third-order valence-electron chi connectivity index (χ3n) is 9.00. The van der Waals surface area contributed by atoms with Crippen LogP contribution in [0.2, 0.25) is 0 Å². The van der Waals surface area contributed by atoms with Crippen molar-refractivity contribution in [2.75, 3.05) is 19.8 Å². The van der Waals surface area contributed by atoms with Gasteiger partial charge in [0.1, 0.15) is 62.5 Å². The molecule has 2 aliphatic heterocycles. The van der Waals surface area contributed by atoms with E-state index in [2.05, 4.69) is 13.8 Å². The van der Waals surface area contributed by atoms with E-state index in [1.807, 2.05) is 0 Å². The number of rotatable bonds is 25. The monoisotopic (exact) mass is 678 g/mol. The van der Waals surface area contributed by atoms with Crippen molar-refractivity contribution in [2.45, 2.75) is 184 Å². The molecule has 0 aromatic heterocycles. The van der Waals surface area contributed by atoms with E-state index in [-0.39, 0.29) is 12.8 Å². The van der Waals surface area contributed by atoms with E-state index in [0.717, 1.165) is 38.5 Å². The summed E-state index contributed by atoms with van der Waals surface area (Å²) >= 11 is 0. The fraction of sp³-hybridized carbons (Fsp3) is 0.941. The number of esters is 2. The summed E-state index contributed by atoms with van der Waals surface area (Å²) < 4.78 is 27.3. The molecule has 9 atom stereocenters. The van der Waals surface area contributed by atoms with Crippen LogP contribution in [-0.4, -0.2) is 117 Å². The summed E-state index contributed by atoms with van der Waals surface area (Å²) in [4.78, 5) is 24.5. The Bertz CT molecular complexity index is 860. The van der Waals surface area contributed by atoms with Gasteiger partial charge in [0.15, 0.2) is 6.29 Å². The van der Waals surface area contributed by atoms with Crippen molar-refractivity contribution in [1.29, 1.82) is 0 Å². The van der Waals surface area contributed by atoms with Crippen LogP contribution in [0.5, 0.6) is 0 Å². The minimum absolute atomic E-state index is 0.180. The van der Waals surface area contributed by atoms with E-state index in [0.29, 0.717) is 12.8 Å². The second-order valence-corrected chi connectivity index (χ2v) is 13.0. The van der Waals surface area contributed by atoms with Gasteiger partial charge in [-0.2, -0.15) is 0 Å². The quantitative estimate of drug-likeness (QED) is 0.0609. The van der Waals surface area contributed by atoms with E-state index in [1.54, 1.807) is 0 Å². The van der Waals surface area contributed by atoms with Gasteiger partial charge in [0.25, 0.3) is 0 Å². The molecule has 0 aromatic carbocycles. The Hall–Kier alpha value is -1.42. The van der Waals surface area contributed by atoms with Crippen LogP contribution < -0.4 is 0 Å². The number of unbranched alkanes of at least 4 members (excludes halogenated alkanes) is 14. The Labute approximate surface area is 279 Å². The molecule has 2 fully saturated rings. The van der Waals surface area contributed by atoms with E-state index < -0.39 is 86.6 Å². The lowest BCUT2D eigenvalue weighted by Crippen LogP contribution is -2.62. The largest absolute Gasteiger partial charge is 0.463 e. The van der Waals surface area contributed by atoms with Gasteiger partial charge in [0, 0.05) is 12.8 Å². The zero-order valence-corrected chi connectivity index (χ0v) is 28.5. The van der Waals surface area contributed by atoms with Crippen molar-refractivity contribution < 1.29 is 63.9 Å². The SMILES string of the molecule is CCCCCCCCCCC(=O)OC[C@H]1O[C@@](CO)(O[C@H]2O[C@H](COC(=O)CCCCCCCCCC)[C@@H](O)[C@H](O)[C@H]2O)[C@@H](O)[C@@H]1O. The predicted octanol–water partition coefficient (Wildman–Crippen LogP) is 2.77. The maximum atomic E-state index is 12.3. The van der Waals surface area contributed by atoms with E-state index in [1.165, 1.54) is 51.4 Å². The summed E-state index contributed by atoms with van der Waals surface area (Å²) in [6.07, 6.45) is 4.29. The van der Waals surface area contributed by atoms with Crippen LogP contribution in [0.4, 0.5) is 0 Å². The standard InChI is InChI=1S/C34H62O13/c1-3-5-7-9-11-13-15-17-19-26(36)43-21-24-28(38)30(40)31(41)33(45-24)47-34(23-35)32(42)29(39)25(46-34)22-44-27(37)20-18-16-14-12-10-8-6-4-2/h24-25,28-33,35,38-42H,3-23H2,1-2H3/t24-,25-,28-,29-,30+,31-,32+,33-,34+/m1/s1. The first kappa shape index (κ1) is 41.7. The van der Waals surface area contributed by atoms with E-state index in [4.69, 9.17) is 23.7 Å². The molecule has 0 saturated carbocycles. The highest BCUT2D eigenvalue weighted by Crippen LogP contribution is 2.36. The molecule has 0 spiro atoms. The number of ether oxygens (including phenoxy) is 5. The third kappa shape index (κ3) is 14.1. The molecular formula is C34H62O13. The first-order valence-electron chi connectivity index (χ1n) is 17.9. The lowest BCUT2D eigenvalue weighted by atomic mass is 9.99. The Balaban J connectivity index is 1.81. The molecule has 0 radical (unpaired) electrons. The molecule has 2 rings (SSSR count). The molecule has 13 heteroatoms. The molecule has 0 aromatic rings. The maximum Gasteiger partial charge on any atom is 0.305 e. The molecule has 0 bridgehead atoms. The van der Waals surface area contributed by atoms with Gasteiger partial charge in [-0.25, -0.2) is 0 Å².